The highest BCUT2D eigenvalue weighted by Crippen LogP contribution is 2.29. The van der Waals surface area contributed by atoms with Crippen LogP contribution in [-0.4, -0.2) is 51.8 Å². The molecule has 2 aromatic heterocycles. The Morgan fingerprint density at radius 2 is 2.04 bits per heavy atom. The van der Waals surface area contributed by atoms with Gasteiger partial charge in [0.1, 0.15) is 5.82 Å². The first kappa shape index (κ1) is 18.0. The average molecular weight is 363 g/mol. The number of nitrogens with zero attached hydrogens (tertiary/aromatic N) is 5. The normalized spacial score (nSPS) is 19.5. The van der Waals surface area contributed by atoms with Crippen molar-refractivity contribution in [3.05, 3.63) is 29.8 Å². The average Bonchev–Trinajstić information content (AvgIpc) is 3.03. The Hall–Kier alpha value is -1.80. The van der Waals surface area contributed by atoms with E-state index in [9.17, 15) is 8.42 Å². The molecule has 0 unspecified atom stereocenters. The van der Waals surface area contributed by atoms with E-state index in [1.54, 1.807) is 10.5 Å². The van der Waals surface area contributed by atoms with Crippen LogP contribution in [0, 0.1) is 6.92 Å². The summed E-state index contributed by atoms with van der Waals surface area (Å²) in [5, 5.41) is 4.38. The van der Waals surface area contributed by atoms with E-state index in [0.717, 1.165) is 29.9 Å². The topological polar surface area (TPSA) is 81.0 Å². The Labute approximate surface area is 149 Å². The SMILES string of the molecule is Cc1nc(-c2ccnn2C(C)C)cc([C@@H]2CCCN(S(C)(=O)=O)C2)n1. The third-order valence-corrected chi connectivity index (χ3v) is 5.82. The molecule has 2 aromatic rings. The van der Waals surface area contributed by atoms with Crippen LogP contribution in [0.1, 0.15) is 50.2 Å². The molecule has 0 bridgehead atoms. The lowest BCUT2D eigenvalue weighted by molar-refractivity contribution is 0.314. The largest absolute Gasteiger partial charge is 0.261 e. The molecule has 0 aromatic carbocycles. The van der Waals surface area contributed by atoms with Crippen molar-refractivity contribution in [3.63, 3.8) is 0 Å². The van der Waals surface area contributed by atoms with Crippen LogP contribution in [0.5, 0.6) is 0 Å². The van der Waals surface area contributed by atoms with Gasteiger partial charge in [0.25, 0.3) is 0 Å². The first-order chi connectivity index (χ1) is 11.8. The lowest BCUT2D eigenvalue weighted by Crippen LogP contribution is -2.38. The van der Waals surface area contributed by atoms with Crippen LogP contribution in [-0.2, 0) is 10.0 Å². The zero-order valence-corrected chi connectivity index (χ0v) is 16.0. The fourth-order valence-corrected chi connectivity index (χ4v) is 4.26. The quantitative estimate of drug-likeness (QED) is 0.833. The Kier molecular flexibility index (Phi) is 4.92. The van der Waals surface area contributed by atoms with Gasteiger partial charge in [-0.05, 0) is 45.7 Å². The van der Waals surface area contributed by atoms with Crippen LogP contribution >= 0.6 is 0 Å². The fraction of sp³-hybridized carbons (Fsp3) is 0.588. The lowest BCUT2D eigenvalue weighted by Gasteiger charge is -2.30. The van der Waals surface area contributed by atoms with Crippen molar-refractivity contribution in [2.24, 2.45) is 0 Å². The van der Waals surface area contributed by atoms with Crippen molar-refractivity contribution < 1.29 is 8.42 Å². The van der Waals surface area contributed by atoms with Crippen LogP contribution in [0.25, 0.3) is 11.4 Å². The maximum atomic E-state index is 11.9. The van der Waals surface area contributed by atoms with Gasteiger partial charge >= 0.3 is 0 Å². The van der Waals surface area contributed by atoms with Gasteiger partial charge in [-0.2, -0.15) is 5.10 Å². The predicted octanol–water partition coefficient (Wildman–Crippen LogP) is 2.37. The van der Waals surface area contributed by atoms with Gasteiger partial charge in [0.2, 0.25) is 10.0 Å². The molecule has 25 heavy (non-hydrogen) atoms. The number of sulfonamides is 1. The zero-order valence-electron chi connectivity index (χ0n) is 15.2. The van der Waals surface area contributed by atoms with Crippen molar-refractivity contribution >= 4 is 10.0 Å². The molecule has 1 aliphatic heterocycles. The van der Waals surface area contributed by atoms with Gasteiger partial charge in [0.15, 0.2) is 0 Å². The summed E-state index contributed by atoms with van der Waals surface area (Å²) in [4.78, 5) is 9.17. The monoisotopic (exact) mass is 363 g/mol. The lowest BCUT2D eigenvalue weighted by atomic mass is 9.95. The highest BCUT2D eigenvalue weighted by Gasteiger charge is 2.28. The van der Waals surface area contributed by atoms with Crippen molar-refractivity contribution in [3.8, 4) is 11.4 Å². The molecule has 8 heteroatoms. The Morgan fingerprint density at radius 1 is 1.28 bits per heavy atom. The fourth-order valence-electron chi connectivity index (χ4n) is 3.34. The van der Waals surface area contributed by atoms with E-state index in [-0.39, 0.29) is 12.0 Å². The molecule has 3 rings (SSSR count). The highest BCUT2D eigenvalue weighted by atomic mass is 32.2. The smallest absolute Gasteiger partial charge is 0.211 e. The van der Waals surface area contributed by atoms with Crippen LogP contribution in [0.2, 0.25) is 0 Å². The van der Waals surface area contributed by atoms with Crippen LogP contribution < -0.4 is 0 Å². The predicted molar refractivity (Wildman–Crippen MR) is 96.8 cm³/mol. The van der Waals surface area contributed by atoms with E-state index < -0.39 is 10.0 Å². The van der Waals surface area contributed by atoms with Crippen molar-refractivity contribution in [2.45, 2.75) is 45.6 Å². The summed E-state index contributed by atoms with van der Waals surface area (Å²) >= 11 is 0. The molecule has 0 N–H and O–H groups in total. The maximum absolute atomic E-state index is 11.9. The number of hydrogen-bond acceptors (Lipinski definition) is 5. The second-order valence-electron chi connectivity index (χ2n) is 6.94. The van der Waals surface area contributed by atoms with Gasteiger partial charge in [0, 0.05) is 36.9 Å². The van der Waals surface area contributed by atoms with Gasteiger partial charge in [-0.15, -0.1) is 0 Å². The minimum Gasteiger partial charge on any atom is -0.261 e. The van der Waals surface area contributed by atoms with Gasteiger partial charge in [-0.25, -0.2) is 22.7 Å². The summed E-state index contributed by atoms with van der Waals surface area (Å²) in [5.74, 6) is 0.792. The third kappa shape index (κ3) is 3.90. The van der Waals surface area contributed by atoms with Gasteiger partial charge in [-0.1, -0.05) is 0 Å². The standard InChI is InChI=1S/C17H25N5O2S/c1-12(2)22-17(7-8-18-22)16-10-15(19-13(3)20-16)14-6-5-9-21(11-14)25(4,23)24/h7-8,10,12,14H,5-6,9,11H2,1-4H3/t14-/m1/s1. The number of piperidine rings is 1. The van der Waals surface area contributed by atoms with Gasteiger partial charge in [-0.3, -0.25) is 4.68 Å². The molecule has 0 spiro atoms. The molecule has 0 aliphatic carbocycles. The molecule has 136 valence electrons. The second-order valence-corrected chi connectivity index (χ2v) is 8.92. The molecule has 1 aliphatic rings. The Balaban J connectivity index is 1.96. The van der Waals surface area contributed by atoms with Crippen molar-refractivity contribution in [1.82, 2.24) is 24.1 Å². The van der Waals surface area contributed by atoms with Gasteiger partial charge < -0.3 is 0 Å². The van der Waals surface area contributed by atoms with Gasteiger partial charge in [0.05, 0.1) is 17.6 Å². The van der Waals surface area contributed by atoms with E-state index in [1.165, 1.54) is 6.26 Å². The Bertz CT molecular complexity index is 860. The first-order valence-corrected chi connectivity index (χ1v) is 10.4. The van der Waals surface area contributed by atoms with Crippen molar-refractivity contribution in [2.75, 3.05) is 19.3 Å². The molecule has 3 heterocycles. The molecule has 1 fully saturated rings. The molecule has 0 saturated carbocycles. The summed E-state index contributed by atoms with van der Waals surface area (Å²) in [7, 11) is -3.17. The summed E-state index contributed by atoms with van der Waals surface area (Å²) in [5.41, 5.74) is 2.70. The van der Waals surface area contributed by atoms with E-state index in [0.29, 0.717) is 18.9 Å². The number of aromatic nitrogens is 4. The van der Waals surface area contributed by atoms with Crippen LogP contribution in [0.3, 0.4) is 0 Å². The summed E-state index contributed by atoms with van der Waals surface area (Å²) in [6.45, 7) is 7.11. The summed E-state index contributed by atoms with van der Waals surface area (Å²) in [6.07, 6.45) is 4.83. The minimum atomic E-state index is -3.17. The molecule has 1 atom stereocenters. The van der Waals surface area contributed by atoms with E-state index >= 15 is 0 Å². The minimum absolute atomic E-state index is 0.0966. The zero-order chi connectivity index (χ0) is 18.2. The maximum Gasteiger partial charge on any atom is 0.211 e. The molecule has 1 saturated heterocycles. The highest BCUT2D eigenvalue weighted by molar-refractivity contribution is 7.88. The molecular weight excluding hydrogens is 338 g/mol. The second kappa shape index (κ2) is 6.84. The number of aryl methyl sites for hydroxylation is 1. The molecular formula is C17H25N5O2S. The molecule has 7 nitrogen and oxygen atoms in total. The first-order valence-electron chi connectivity index (χ1n) is 8.60. The Morgan fingerprint density at radius 3 is 2.72 bits per heavy atom. The van der Waals surface area contributed by atoms with Crippen molar-refractivity contribution in [1.29, 1.82) is 0 Å². The van der Waals surface area contributed by atoms with E-state index in [1.807, 2.05) is 23.7 Å². The molecule has 0 radical (unpaired) electrons. The number of hydrogen-bond donors (Lipinski definition) is 0. The van der Waals surface area contributed by atoms with Crippen LogP contribution in [0.4, 0.5) is 0 Å². The molecule has 0 amide bonds. The summed E-state index contributed by atoms with van der Waals surface area (Å²) < 4.78 is 27.3. The van der Waals surface area contributed by atoms with E-state index in [4.69, 9.17) is 0 Å². The summed E-state index contributed by atoms with van der Waals surface area (Å²) in [6, 6.07) is 4.17. The van der Waals surface area contributed by atoms with E-state index in [2.05, 4.69) is 28.9 Å². The number of rotatable bonds is 4. The third-order valence-electron chi connectivity index (χ3n) is 4.55. The van der Waals surface area contributed by atoms with Crippen LogP contribution in [0.15, 0.2) is 18.3 Å².